The van der Waals surface area contributed by atoms with E-state index in [0.29, 0.717) is 12.0 Å². The molecule has 0 spiro atoms. The van der Waals surface area contributed by atoms with Crippen molar-refractivity contribution >= 4 is 11.6 Å². The van der Waals surface area contributed by atoms with Crippen molar-refractivity contribution in [3.05, 3.63) is 34.9 Å². The third kappa shape index (κ3) is 2.02. The molecule has 70 valence electrons. The van der Waals surface area contributed by atoms with Crippen LogP contribution in [0.25, 0.3) is 0 Å². The number of nitrogens with two attached hydrogens (primary N) is 1. The molecule has 0 aliphatic heterocycles. The van der Waals surface area contributed by atoms with Crippen LogP contribution in [0, 0.1) is 5.92 Å². The van der Waals surface area contributed by atoms with Crippen LogP contribution in [0.4, 0.5) is 0 Å². The fourth-order valence-electron chi connectivity index (χ4n) is 1.60. The van der Waals surface area contributed by atoms with Crippen LogP contribution in [-0.2, 0) is 0 Å². The molecule has 1 atom stereocenters. The van der Waals surface area contributed by atoms with Crippen LogP contribution in [-0.4, -0.2) is 0 Å². The van der Waals surface area contributed by atoms with E-state index in [9.17, 15) is 0 Å². The molecule has 1 aromatic rings. The molecule has 0 unspecified atom stereocenters. The minimum atomic E-state index is 0.303. The molecule has 1 saturated carbocycles. The predicted octanol–water partition coefficient (Wildman–Crippen LogP) is 2.25. The van der Waals surface area contributed by atoms with E-state index in [0.717, 1.165) is 5.02 Å². The first-order chi connectivity index (χ1) is 6.31. The van der Waals surface area contributed by atoms with Gasteiger partial charge < -0.3 is 0 Å². The lowest BCUT2D eigenvalue weighted by Gasteiger charge is -2.14. The van der Waals surface area contributed by atoms with Crippen LogP contribution in [0.3, 0.4) is 0 Å². The first-order valence-corrected chi connectivity index (χ1v) is 4.90. The summed E-state index contributed by atoms with van der Waals surface area (Å²) in [7, 11) is 0. The smallest absolute Gasteiger partial charge is 0.0488 e. The zero-order valence-corrected chi connectivity index (χ0v) is 8.09. The maximum Gasteiger partial charge on any atom is 0.0488 e. The summed E-state index contributed by atoms with van der Waals surface area (Å²) in [5.41, 5.74) is 4.09. The average Bonchev–Trinajstić information content (AvgIpc) is 2.93. The first kappa shape index (κ1) is 9.00. The molecule has 0 saturated heterocycles. The van der Waals surface area contributed by atoms with Crippen molar-refractivity contribution in [3.63, 3.8) is 0 Å². The Balaban J connectivity index is 2.17. The van der Waals surface area contributed by atoms with E-state index in [1.165, 1.54) is 18.4 Å². The van der Waals surface area contributed by atoms with Crippen LogP contribution < -0.4 is 11.3 Å². The van der Waals surface area contributed by atoms with Gasteiger partial charge in [0.25, 0.3) is 0 Å². The van der Waals surface area contributed by atoms with Crippen molar-refractivity contribution < 1.29 is 0 Å². The molecule has 1 fully saturated rings. The number of hydrogen-bond acceptors (Lipinski definition) is 2. The Hall–Kier alpha value is -0.570. The first-order valence-electron chi connectivity index (χ1n) is 4.53. The summed E-state index contributed by atoms with van der Waals surface area (Å²) in [6, 6.07) is 8.18. The molecule has 0 bridgehead atoms. The van der Waals surface area contributed by atoms with Gasteiger partial charge in [0.2, 0.25) is 0 Å². The highest BCUT2D eigenvalue weighted by Gasteiger charge is 2.31. The van der Waals surface area contributed by atoms with Gasteiger partial charge in [-0.15, -0.1) is 0 Å². The normalized spacial score (nSPS) is 18.6. The van der Waals surface area contributed by atoms with E-state index in [-0.39, 0.29) is 0 Å². The number of benzene rings is 1. The van der Waals surface area contributed by atoms with Gasteiger partial charge in [-0.25, -0.2) is 0 Å². The highest BCUT2D eigenvalue weighted by molar-refractivity contribution is 6.30. The van der Waals surface area contributed by atoms with Crippen LogP contribution in [0.5, 0.6) is 0 Å². The molecule has 0 amide bonds. The topological polar surface area (TPSA) is 38.0 Å². The summed E-state index contributed by atoms with van der Waals surface area (Å²) in [6.45, 7) is 0. The predicted molar refractivity (Wildman–Crippen MR) is 54.2 cm³/mol. The minimum Gasteiger partial charge on any atom is -0.271 e. The van der Waals surface area contributed by atoms with Gasteiger partial charge in [-0.05, 0) is 36.5 Å². The molecule has 3 N–H and O–H groups in total. The van der Waals surface area contributed by atoms with Gasteiger partial charge in [0.05, 0.1) is 0 Å². The highest BCUT2D eigenvalue weighted by Crippen LogP contribution is 2.40. The van der Waals surface area contributed by atoms with E-state index in [1.54, 1.807) is 0 Å². The Kier molecular flexibility index (Phi) is 2.54. The number of halogens is 1. The van der Waals surface area contributed by atoms with Gasteiger partial charge >= 0.3 is 0 Å². The van der Waals surface area contributed by atoms with Crippen molar-refractivity contribution in [2.45, 2.75) is 18.9 Å². The second kappa shape index (κ2) is 3.66. The zero-order valence-electron chi connectivity index (χ0n) is 7.33. The lowest BCUT2D eigenvalue weighted by molar-refractivity contribution is 0.497. The van der Waals surface area contributed by atoms with E-state index in [1.807, 2.05) is 24.3 Å². The SMILES string of the molecule is NN[C@H](c1ccc(Cl)cc1)C1CC1. The third-order valence-corrected chi connectivity index (χ3v) is 2.75. The molecule has 1 aliphatic carbocycles. The third-order valence-electron chi connectivity index (χ3n) is 2.50. The second-order valence-electron chi connectivity index (χ2n) is 3.53. The standard InChI is InChI=1S/C10H13ClN2/c11-9-5-3-8(4-6-9)10(13-12)7-1-2-7/h3-7,10,13H,1-2,12H2/t10-/m0/s1. The van der Waals surface area contributed by atoms with E-state index >= 15 is 0 Å². The quantitative estimate of drug-likeness (QED) is 0.575. The van der Waals surface area contributed by atoms with Crippen LogP contribution in [0.15, 0.2) is 24.3 Å². The van der Waals surface area contributed by atoms with Crippen LogP contribution >= 0.6 is 11.6 Å². The number of hydrogen-bond donors (Lipinski definition) is 2. The van der Waals surface area contributed by atoms with Gasteiger partial charge in [0.1, 0.15) is 0 Å². The summed E-state index contributed by atoms with van der Waals surface area (Å²) in [5, 5.41) is 0.773. The summed E-state index contributed by atoms with van der Waals surface area (Å²) in [5.74, 6) is 6.21. The molecule has 1 aliphatic rings. The number of rotatable bonds is 3. The lowest BCUT2D eigenvalue weighted by Crippen LogP contribution is -2.29. The molecule has 2 rings (SSSR count). The Bertz CT molecular complexity index is 279. The average molecular weight is 197 g/mol. The molecule has 0 aromatic heterocycles. The van der Waals surface area contributed by atoms with Gasteiger partial charge in [0, 0.05) is 11.1 Å². The molecule has 13 heavy (non-hydrogen) atoms. The maximum atomic E-state index is 5.80. The molecular weight excluding hydrogens is 184 g/mol. The van der Waals surface area contributed by atoms with Gasteiger partial charge in [-0.3, -0.25) is 11.3 Å². The fourth-order valence-corrected chi connectivity index (χ4v) is 1.73. The van der Waals surface area contributed by atoms with Gasteiger partial charge in [-0.2, -0.15) is 0 Å². The Morgan fingerprint density at radius 2 is 1.92 bits per heavy atom. The fraction of sp³-hybridized carbons (Fsp3) is 0.400. The molecule has 3 heteroatoms. The van der Waals surface area contributed by atoms with Crippen molar-refractivity contribution in [1.82, 2.24) is 5.43 Å². The molecule has 2 nitrogen and oxygen atoms in total. The van der Waals surface area contributed by atoms with Crippen LogP contribution in [0.2, 0.25) is 5.02 Å². The molecule has 1 aromatic carbocycles. The van der Waals surface area contributed by atoms with Gasteiger partial charge in [-0.1, -0.05) is 23.7 Å². The van der Waals surface area contributed by atoms with Crippen molar-refractivity contribution in [3.8, 4) is 0 Å². The van der Waals surface area contributed by atoms with E-state index in [4.69, 9.17) is 17.4 Å². The highest BCUT2D eigenvalue weighted by atomic mass is 35.5. The van der Waals surface area contributed by atoms with Crippen LogP contribution in [0.1, 0.15) is 24.4 Å². The van der Waals surface area contributed by atoms with E-state index < -0.39 is 0 Å². The lowest BCUT2D eigenvalue weighted by atomic mass is 10.0. The summed E-state index contributed by atoms with van der Waals surface area (Å²) in [4.78, 5) is 0. The van der Waals surface area contributed by atoms with Crippen molar-refractivity contribution in [2.24, 2.45) is 11.8 Å². The Labute approximate surface area is 83.0 Å². The van der Waals surface area contributed by atoms with Gasteiger partial charge in [0.15, 0.2) is 0 Å². The number of hydrazine groups is 1. The second-order valence-corrected chi connectivity index (χ2v) is 3.97. The monoisotopic (exact) mass is 196 g/mol. The van der Waals surface area contributed by atoms with Crippen molar-refractivity contribution in [2.75, 3.05) is 0 Å². The molecule has 0 heterocycles. The minimum absolute atomic E-state index is 0.303. The van der Waals surface area contributed by atoms with Crippen molar-refractivity contribution in [1.29, 1.82) is 0 Å². The van der Waals surface area contributed by atoms with E-state index in [2.05, 4.69) is 5.43 Å². The number of nitrogens with one attached hydrogen (secondary N) is 1. The Morgan fingerprint density at radius 1 is 1.31 bits per heavy atom. The molecule has 0 radical (unpaired) electrons. The summed E-state index contributed by atoms with van der Waals surface area (Å²) in [6.07, 6.45) is 2.55. The largest absolute Gasteiger partial charge is 0.271 e. The zero-order chi connectivity index (χ0) is 9.26. The summed E-state index contributed by atoms with van der Waals surface area (Å²) >= 11 is 5.80. The Morgan fingerprint density at radius 3 is 2.38 bits per heavy atom. The summed E-state index contributed by atoms with van der Waals surface area (Å²) < 4.78 is 0. The molecular formula is C10H13ClN2. The maximum absolute atomic E-state index is 5.80.